The molecule has 0 saturated carbocycles. The summed E-state index contributed by atoms with van der Waals surface area (Å²) in [4.78, 5) is 23.2. The van der Waals surface area contributed by atoms with Crippen molar-refractivity contribution in [3.63, 3.8) is 0 Å². The first kappa shape index (κ1) is 14.0. The molecule has 1 rings (SSSR count). The molecule has 0 saturated heterocycles. The number of rotatable bonds is 5. The predicted octanol–water partition coefficient (Wildman–Crippen LogP) is 0.175. The van der Waals surface area contributed by atoms with Crippen LogP contribution in [0.15, 0.2) is 16.5 Å². The number of aliphatic carboxylic acids is 1. The fraction of sp³-hybridized carbons (Fsp3) is 0.455. The van der Waals surface area contributed by atoms with Gasteiger partial charge in [-0.1, -0.05) is 0 Å². The highest BCUT2D eigenvalue weighted by Gasteiger charge is 2.16. The predicted molar refractivity (Wildman–Crippen MR) is 62.0 cm³/mol. The summed E-state index contributed by atoms with van der Waals surface area (Å²) < 4.78 is 5.30. The zero-order valence-corrected chi connectivity index (χ0v) is 10.2. The van der Waals surface area contributed by atoms with Crippen LogP contribution in [0.4, 0.5) is 4.79 Å². The third-order valence-electron chi connectivity index (χ3n) is 2.27. The van der Waals surface area contributed by atoms with Crippen LogP contribution in [-0.2, 0) is 11.3 Å². The van der Waals surface area contributed by atoms with Gasteiger partial charge in [-0.05, 0) is 19.1 Å². The summed E-state index contributed by atoms with van der Waals surface area (Å²) in [6.45, 7) is 1.73. The molecule has 0 aromatic carbocycles. The maximum Gasteiger partial charge on any atom is 0.334 e. The van der Waals surface area contributed by atoms with E-state index in [4.69, 9.17) is 14.6 Å². The molecular weight excluding hydrogens is 240 g/mol. The van der Waals surface area contributed by atoms with Gasteiger partial charge in [0.25, 0.3) is 0 Å². The van der Waals surface area contributed by atoms with Gasteiger partial charge in [-0.3, -0.25) is 0 Å². The Morgan fingerprint density at radius 2 is 2.17 bits per heavy atom. The number of carbonyl (C=O) groups is 2. The number of urea groups is 1. The monoisotopic (exact) mass is 256 g/mol. The van der Waals surface area contributed by atoms with Crippen LogP contribution in [0.25, 0.3) is 0 Å². The number of carboxylic acid groups (broad SMARTS) is 1. The van der Waals surface area contributed by atoms with E-state index in [0.717, 1.165) is 5.76 Å². The largest absolute Gasteiger partial charge is 0.479 e. The molecule has 0 aliphatic heterocycles. The summed E-state index contributed by atoms with van der Waals surface area (Å²) in [7, 11) is 1.54. The lowest BCUT2D eigenvalue weighted by atomic mass is 10.3. The Labute approximate surface area is 104 Å². The molecule has 0 aliphatic carbocycles. The normalized spacial score (nSPS) is 11.9. The van der Waals surface area contributed by atoms with E-state index in [2.05, 4.69) is 5.32 Å². The quantitative estimate of drug-likeness (QED) is 0.697. The first-order valence-electron chi connectivity index (χ1n) is 5.35. The smallest absolute Gasteiger partial charge is 0.334 e. The van der Waals surface area contributed by atoms with Crippen LogP contribution < -0.4 is 5.32 Å². The summed E-state index contributed by atoms with van der Waals surface area (Å²) in [5.41, 5.74) is 0. The molecule has 100 valence electrons. The molecule has 0 spiro atoms. The number of nitrogens with zero attached hydrogens (tertiary/aromatic N) is 1. The second kappa shape index (κ2) is 6.06. The van der Waals surface area contributed by atoms with Crippen LogP contribution in [-0.4, -0.2) is 46.8 Å². The number of amides is 2. The zero-order chi connectivity index (χ0) is 13.7. The van der Waals surface area contributed by atoms with Crippen LogP contribution in [0.3, 0.4) is 0 Å². The van der Waals surface area contributed by atoms with E-state index in [9.17, 15) is 9.59 Å². The molecule has 0 radical (unpaired) electrons. The van der Waals surface area contributed by atoms with Crippen LogP contribution in [0, 0.1) is 6.92 Å². The topological polar surface area (TPSA) is 103 Å². The molecule has 18 heavy (non-hydrogen) atoms. The molecular formula is C11H16N2O5. The number of furan rings is 1. The molecule has 0 bridgehead atoms. The lowest BCUT2D eigenvalue weighted by molar-refractivity contribution is -0.146. The number of hydrogen-bond donors (Lipinski definition) is 3. The van der Waals surface area contributed by atoms with E-state index in [1.807, 2.05) is 0 Å². The average Bonchev–Trinajstić information content (AvgIpc) is 2.70. The third kappa shape index (κ3) is 4.10. The standard InChI is InChI=1S/C11H16N2O5/c1-7-3-4-8(18-7)6-13(2)11(17)12-5-9(14)10(15)16/h3-4,9,14H,5-6H2,1-2H3,(H,12,17)(H,15,16)/t9-/m0/s1. The lowest BCUT2D eigenvalue weighted by Gasteiger charge is -2.17. The first-order valence-corrected chi connectivity index (χ1v) is 5.35. The van der Waals surface area contributed by atoms with Crippen LogP contribution in [0.2, 0.25) is 0 Å². The van der Waals surface area contributed by atoms with Crippen molar-refractivity contribution in [2.45, 2.75) is 19.6 Å². The number of hydrogen-bond acceptors (Lipinski definition) is 4. The summed E-state index contributed by atoms with van der Waals surface area (Å²) in [5.74, 6) is 0.00338. The van der Waals surface area contributed by atoms with E-state index >= 15 is 0 Å². The molecule has 0 aliphatic rings. The van der Waals surface area contributed by atoms with Gasteiger partial charge < -0.3 is 24.8 Å². The minimum absolute atomic E-state index is 0.267. The Morgan fingerprint density at radius 1 is 1.50 bits per heavy atom. The average molecular weight is 256 g/mol. The van der Waals surface area contributed by atoms with Gasteiger partial charge >= 0.3 is 12.0 Å². The number of carbonyl (C=O) groups excluding carboxylic acids is 1. The van der Waals surface area contributed by atoms with Crippen LogP contribution in [0.5, 0.6) is 0 Å². The third-order valence-corrected chi connectivity index (χ3v) is 2.27. The molecule has 1 atom stereocenters. The van der Waals surface area contributed by atoms with E-state index in [-0.39, 0.29) is 13.1 Å². The summed E-state index contributed by atoms with van der Waals surface area (Å²) in [5, 5.41) is 19.7. The molecule has 1 heterocycles. The van der Waals surface area contributed by atoms with Crippen molar-refractivity contribution in [2.75, 3.05) is 13.6 Å². The van der Waals surface area contributed by atoms with Gasteiger partial charge in [0.2, 0.25) is 0 Å². The van der Waals surface area contributed by atoms with Gasteiger partial charge in [-0.15, -0.1) is 0 Å². The minimum atomic E-state index is -1.60. The van der Waals surface area contributed by atoms with Gasteiger partial charge in [-0.2, -0.15) is 0 Å². The van der Waals surface area contributed by atoms with Crippen molar-refractivity contribution in [2.24, 2.45) is 0 Å². The van der Waals surface area contributed by atoms with Gasteiger partial charge in [-0.25, -0.2) is 9.59 Å². The fourth-order valence-electron chi connectivity index (χ4n) is 1.28. The maximum absolute atomic E-state index is 11.6. The van der Waals surface area contributed by atoms with Crippen LogP contribution >= 0.6 is 0 Å². The van der Waals surface area contributed by atoms with Gasteiger partial charge in [0.05, 0.1) is 13.1 Å². The first-order chi connectivity index (χ1) is 8.40. The molecule has 0 fully saturated rings. The Hall–Kier alpha value is -2.02. The highest BCUT2D eigenvalue weighted by atomic mass is 16.4. The molecule has 1 aromatic heterocycles. The van der Waals surface area contributed by atoms with Crippen molar-refractivity contribution in [1.29, 1.82) is 0 Å². The van der Waals surface area contributed by atoms with E-state index in [0.29, 0.717) is 5.76 Å². The van der Waals surface area contributed by atoms with E-state index in [1.165, 1.54) is 4.90 Å². The second-order valence-corrected chi connectivity index (χ2v) is 3.91. The second-order valence-electron chi connectivity index (χ2n) is 3.91. The number of nitrogens with one attached hydrogen (secondary N) is 1. The molecule has 3 N–H and O–H groups in total. The van der Waals surface area contributed by atoms with Gasteiger partial charge in [0.1, 0.15) is 11.5 Å². The Morgan fingerprint density at radius 3 is 2.67 bits per heavy atom. The highest BCUT2D eigenvalue weighted by molar-refractivity contribution is 5.76. The number of carboxylic acids is 1. The Kier molecular flexibility index (Phi) is 4.73. The molecule has 7 nitrogen and oxygen atoms in total. The van der Waals surface area contributed by atoms with Crippen molar-refractivity contribution in [1.82, 2.24) is 10.2 Å². The van der Waals surface area contributed by atoms with Gasteiger partial charge in [0.15, 0.2) is 6.10 Å². The summed E-state index contributed by atoms with van der Waals surface area (Å²) in [6.07, 6.45) is -1.60. The van der Waals surface area contributed by atoms with Crippen molar-refractivity contribution in [3.05, 3.63) is 23.7 Å². The Balaban J connectivity index is 2.39. The highest BCUT2D eigenvalue weighted by Crippen LogP contribution is 2.08. The molecule has 1 aromatic rings. The Bertz CT molecular complexity index is 429. The molecule has 2 amide bonds. The van der Waals surface area contributed by atoms with Crippen LogP contribution in [0.1, 0.15) is 11.5 Å². The van der Waals surface area contributed by atoms with Gasteiger partial charge in [0, 0.05) is 7.05 Å². The zero-order valence-electron chi connectivity index (χ0n) is 10.2. The molecule has 0 unspecified atom stereocenters. The number of aliphatic hydroxyl groups is 1. The fourth-order valence-corrected chi connectivity index (χ4v) is 1.28. The SMILES string of the molecule is Cc1ccc(CN(C)C(=O)NC[C@H](O)C(=O)O)o1. The maximum atomic E-state index is 11.6. The molecule has 7 heteroatoms. The number of aryl methyl sites for hydroxylation is 1. The van der Waals surface area contributed by atoms with E-state index in [1.54, 1.807) is 26.1 Å². The number of aliphatic hydroxyl groups excluding tert-OH is 1. The summed E-state index contributed by atoms with van der Waals surface area (Å²) in [6, 6.07) is 3.06. The lowest BCUT2D eigenvalue weighted by Crippen LogP contribution is -2.42. The van der Waals surface area contributed by atoms with Crippen molar-refractivity contribution >= 4 is 12.0 Å². The van der Waals surface area contributed by atoms with Crippen molar-refractivity contribution in [3.8, 4) is 0 Å². The summed E-state index contributed by atoms with van der Waals surface area (Å²) >= 11 is 0. The minimum Gasteiger partial charge on any atom is -0.479 e. The van der Waals surface area contributed by atoms with E-state index < -0.39 is 18.1 Å². The van der Waals surface area contributed by atoms with Crippen molar-refractivity contribution < 1.29 is 24.2 Å².